The third-order valence-corrected chi connectivity index (χ3v) is 2.88. The van der Waals surface area contributed by atoms with Gasteiger partial charge in [0.05, 0.1) is 5.56 Å². The van der Waals surface area contributed by atoms with Crippen LogP contribution in [-0.4, -0.2) is 11.7 Å². The van der Waals surface area contributed by atoms with Crippen molar-refractivity contribution in [3.05, 3.63) is 41.5 Å². The number of Topliss-reactive ketones (excluding diaryl/α,β-unsaturated/α-hetero) is 1. The number of carbonyl (C=O) groups excluding carboxylic acids is 2. The minimum absolute atomic E-state index is 0.0248. The highest BCUT2D eigenvalue weighted by Crippen LogP contribution is 2.33. The van der Waals surface area contributed by atoms with Crippen LogP contribution in [0.4, 0.5) is 5.69 Å². The van der Waals surface area contributed by atoms with Crippen LogP contribution in [0.15, 0.2) is 30.3 Å². The highest BCUT2D eigenvalue weighted by Gasteiger charge is 2.22. The van der Waals surface area contributed by atoms with Crippen LogP contribution in [0, 0.1) is 0 Å². The van der Waals surface area contributed by atoms with Gasteiger partial charge in [0.1, 0.15) is 0 Å². The largest absolute Gasteiger partial charge is 0.321 e. The number of carbonyl (C=O) groups is 2. The minimum Gasteiger partial charge on any atom is -0.321 e. The fourth-order valence-electron chi connectivity index (χ4n) is 2.10. The first-order chi connectivity index (χ1) is 7.66. The second kappa shape index (κ2) is 2.92. The zero-order chi connectivity index (χ0) is 11.3. The van der Waals surface area contributed by atoms with Crippen LogP contribution in [0.3, 0.4) is 0 Å². The number of benzene rings is 2. The van der Waals surface area contributed by atoms with E-state index >= 15 is 0 Å². The molecule has 0 saturated heterocycles. The van der Waals surface area contributed by atoms with E-state index in [1.54, 1.807) is 6.07 Å². The highest BCUT2D eigenvalue weighted by atomic mass is 16.2. The highest BCUT2D eigenvalue weighted by molar-refractivity contribution is 6.25. The lowest BCUT2D eigenvalue weighted by Gasteiger charge is -2.02. The zero-order valence-corrected chi connectivity index (χ0v) is 8.70. The van der Waals surface area contributed by atoms with Crippen molar-refractivity contribution in [2.45, 2.75) is 6.92 Å². The lowest BCUT2D eigenvalue weighted by molar-refractivity contribution is 0.101. The predicted octanol–water partition coefficient (Wildman–Crippen LogP) is 2.61. The number of hydrogen-bond acceptors (Lipinski definition) is 2. The molecule has 0 aliphatic carbocycles. The zero-order valence-electron chi connectivity index (χ0n) is 8.70. The van der Waals surface area contributed by atoms with Crippen LogP contribution in [0.25, 0.3) is 10.8 Å². The Labute approximate surface area is 92.1 Å². The van der Waals surface area contributed by atoms with Crippen molar-refractivity contribution in [1.29, 1.82) is 0 Å². The molecule has 0 spiro atoms. The van der Waals surface area contributed by atoms with Crippen molar-refractivity contribution in [2.24, 2.45) is 0 Å². The van der Waals surface area contributed by atoms with Gasteiger partial charge in [-0.3, -0.25) is 9.59 Å². The summed E-state index contributed by atoms with van der Waals surface area (Å²) in [5, 5.41) is 4.63. The molecular formula is C13H9NO2. The fourth-order valence-corrected chi connectivity index (χ4v) is 2.10. The van der Waals surface area contributed by atoms with Crippen LogP contribution < -0.4 is 5.32 Å². The van der Waals surface area contributed by atoms with Gasteiger partial charge in [-0.05, 0) is 30.5 Å². The Hall–Kier alpha value is -2.16. The Morgan fingerprint density at radius 2 is 2.06 bits per heavy atom. The summed E-state index contributed by atoms with van der Waals surface area (Å²) in [5.41, 5.74) is 2.00. The van der Waals surface area contributed by atoms with Gasteiger partial charge in [0, 0.05) is 16.6 Å². The van der Waals surface area contributed by atoms with Gasteiger partial charge in [0.25, 0.3) is 5.91 Å². The van der Waals surface area contributed by atoms with Crippen LogP contribution in [0.1, 0.15) is 27.6 Å². The predicted molar refractivity (Wildman–Crippen MR) is 61.9 cm³/mol. The van der Waals surface area contributed by atoms with Crippen molar-refractivity contribution < 1.29 is 9.59 Å². The third-order valence-electron chi connectivity index (χ3n) is 2.88. The molecule has 0 unspecified atom stereocenters. The molecule has 0 fully saturated rings. The third kappa shape index (κ3) is 1.08. The van der Waals surface area contributed by atoms with Gasteiger partial charge < -0.3 is 5.32 Å². The summed E-state index contributed by atoms with van der Waals surface area (Å²) in [7, 11) is 0. The molecule has 78 valence electrons. The van der Waals surface area contributed by atoms with E-state index in [1.165, 1.54) is 6.92 Å². The van der Waals surface area contributed by atoms with Gasteiger partial charge >= 0.3 is 0 Å². The maximum absolute atomic E-state index is 11.7. The van der Waals surface area contributed by atoms with Crippen molar-refractivity contribution in [1.82, 2.24) is 0 Å². The van der Waals surface area contributed by atoms with Crippen LogP contribution in [0.5, 0.6) is 0 Å². The summed E-state index contributed by atoms with van der Waals surface area (Å²) in [6.45, 7) is 1.50. The molecule has 2 aromatic rings. The van der Waals surface area contributed by atoms with E-state index in [2.05, 4.69) is 5.32 Å². The molecule has 0 saturated carbocycles. The Morgan fingerprint density at radius 1 is 1.25 bits per heavy atom. The van der Waals surface area contributed by atoms with Crippen molar-refractivity contribution in [3.8, 4) is 0 Å². The molecule has 0 radical (unpaired) electrons. The summed E-state index contributed by atoms with van der Waals surface area (Å²) in [6, 6.07) is 9.14. The Balaban J connectivity index is 2.45. The molecular weight excluding hydrogens is 202 g/mol. The first-order valence-corrected chi connectivity index (χ1v) is 5.06. The average Bonchev–Trinajstić information content (AvgIpc) is 2.58. The number of ketones is 1. The topological polar surface area (TPSA) is 46.2 Å². The molecule has 3 heteroatoms. The summed E-state index contributed by atoms with van der Waals surface area (Å²) < 4.78 is 0. The van der Waals surface area contributed by atoms with E-state index in [-0.39, 0.29) is 11.7 Å². The van der Waals surface area contributed by atoms with E-state index in [0.717, 1.165) is 16.5 Å². The molecule has 16 heavy (non-hydrogen) atoms. The lowest BCUT2D eigenvalue weighted by atomic mass is 10.00. The van der Waals surface area contributed by atoms with Crippen LogP contribution in [-0.2, 0) is 0 Å². The average molecular weight is 211 g/mol. The monoisotopic (exact) mass is 211 g/mol. The second-order valence-corrected chi connectivity index (χ2v) is 3.94. The SMILES string of the molecule is CC(=O)c1cc2c3c(cccc3c1)NC2=O. The van der Waals surface area contributed by atoms with Gasteiger partial charge in [-0.2, -0.15) is 0 Å². The molecule has 1 amide bonds. The number of rotatable bonds is 1. The standard InChI is InChI=1S/C13H9NO2/c1-7(15)9-5-8-3-2-4-11-12(8)10(6-9)13(16)14-11/h2-6H,1H3,(H,14,16). The molecule has 1 aliphatic rings. The quantitative estimate of drug-likeness (QED) is 0.737. The van der Waals surface area contributed by atoms with Crippen LogP contribution in [0.2, 0.25) is 0 Å². The van der Waals surface area contributed by atoms with E-state index in [4.69, 9.17) is 0 Å². The Bertz CT molecular complexity index is 644. The smallest absolute Gasteiger partial charge is 0.256 e. The maximum atomic E-state index is 11.7. The normalized spacial score (nSPS) is 12.9. The Kier molecular flexibility index (Phi) is 1.66. The van der Waals surface area contributed by atoms with Gasteiger partial charge in [-0.25, -0.2) is 0 Å². The van der Waals surface area contributed by atoms with E-state index in [1.807, 2.05) is 24.3 Å². The van der Waals surface area contributed by atoms with E-state index in [0.29, 0.717) is 11.1 Å². The molecule has 1 aliphatic heterocycles. The maximum Gasteiger partial charge on any atom is 0.256 e. The van der Waals surface area contributed by atoms with Gasteiger partial charge in [0.2, 0.25) is 0 Å². The summed E-state index contributed by atoms with van der Waals surface area (Å²) in [4.78, 5) is 23.0. The molecule has 2 aromatic carbocycles. The molecule has 0 atom stereocenters. The molecule has 1 heterocycles. The van der Waals surface area contributed by atoms with Gasteiger partial charge in [-0.15, -0.1) is 0 Å². The van der Waals surface area contributed by atoms with Gasteiger partial charge in [-0.1, -0.05) is 12.1 Å². The molecule has 3 nitrogen and oxygen atoms in total. The van der Waals surface area contributed by atoms with E-state index in [9.17, 15) is 9.59 Å². The summed E-state index contributed by atoms with van der Waals surface area (Å²) in [5.74, 6) is -0.155. The van der Waals surface area contributed by atoms with Crippen molar-refractivity contribution in [2.75, 3.05) is 5.32 Å². The lowest BCUT2D eigenvalue weighted by Crippen LogP contribution is -2.05. The molecule has 0 aromatic heterocycles. The summed E-state index contributed by atoms with van der Waals surface area (Å²) >= 11 is 0. The Morgan fingerprint density at radius 3 is 2.81 bits per heavy atom. The second-order valence-electron chi connectivity index (χ2n) is 3.94. The molecule has 0 bridgehead atoms. The number of nitrogens with one attached hydrogen (secondary N) is 1. The summed E-state index contributed by atoms with van der Waals surface area (Å²) in [6.07, 6.45) is 0. The fraction of sp³-hybridized carbons (Fsp3) is 0.0769. The van der Waals surface area contributed by atoms with Crippen molar-refractivity contribution >= 4 is 28.2 Å². The van der Waals surface area contributed by atoms with E-state index < -0.39 is 0 Å². The van der Waals surface area contributed by atoms with Crippen LogP contribution >= 0.6 is 0 Å². The first-order valence-electron chi connectivity index (χ1n) is 5.06. The number of anilines is 1. The number of amides is 1. The minimum atomic E-state index is -0.130. The molecule has 3 rings (SSSR count). The van der Waals surface area contributed by atoms with Gasteiger partial charge in [0.15, 0.2) is 5.78 Å². The van der Waals surface area contributed by atoms with Crippen molar-refractivity contribution in [3.63, 3.8) is 0 Å². The number of hydrogen-bond donors (Lipinski definition) is 1. The first kappa shape index (κ1) is 9.09. The molecule has 1 N–H and O–H groups in total.